The summed E-state index contributed by atoms with van der Waals surface area (Å²) in [6.07, 6.45) is 4.98. The highest BCUT2D eigenvalue weighted by Crippen LogP contribution is 2.33. The van der Waals surface area contributed by atoms with Crippen molar-refractivity contribution in [3.8, 4) is 0 Å². The SMILES string of the molecule is CC1C(=O)Nc2ccc(CC3CCCCN3)cc21. The second-order valence-electron chi connectivity index (χ2n) is 5.48. The van der Waals surface area contributed by atoms with Crippen molar-refractivity contribution in [2.24, 2.45) is 0 Å². The first-order valence-corrected chi connectivity index (χ1v) is 6.91. The van der Waals surface area contributed by atoms with E-state index in [1.54, 1.807) is 0 Å². The minimum absolute atomic E-state index is 0.000681. The van der Waals surface area contributed by atoms with Gasteiger partial charge in [0, 0.05) is 11.7 Å². The van der Waals surface area contributed by atoms with Crippen LogP contribution in [0, 0.1) is 0 Å². The van der Waals surface area contributed by atoms with Gasteiger partial charge in [0.25, 0.3) is 0 Å². The molecule has 3 rings (SSSR count). The Balaban J connectivity index is 1.76. The molecule has 0 saturated carbocycles. The van der Waals surface area contributed by atoms with Crippen LogP contribution in [0.4, 0.5) is 5.69 Å². The molecule has 2 aliphatic heterocycles. The Kier molecular flexibility index (Phi) is 3.08. The smallest absolute Gasteiger partial charge is 0.231 e. The normalized spacial score (nSPS) is 26.8. The maximum absolute atomic E-state index is 11.6. The third-order valence-electron chi connectivity index (χ3n) is 4.13. The van der Waals surface area contributed by atoms with Crippen molar-refractivity contribution < 1.29 is 4.79 Å². The van der Waals surface area contributed by atoms with Crippen LogP contribution >= 0.6 is 0 Å². The van der Waals surface area contributed by atoms with Gasteiger partial charge in [-0.2, -0.15) is 0 Å². The number of carbonyl (C=O) groups excluding carboxylic acids is 1. The van der Waals surface area contributed by atoms with Gasteiger partial charge in [0.2, 0.25) is 5.91 Å². The van der Waals surface area contributed by atoms with Crippen LogP contribution < -0.4 is 10.6 Å². The van der Waals surface area contributed by atoms with Gasteiger partial charge in [-0.25, -0.2) is 0 Å². The minimum atomic E-state index is -0.000681. The Morgan fingerprint density at radius 2 is 2.22 bits per heavy atom. The summed E-state index contributed by atoms with van der Waals surface area (Å²) in [5.41, 5.74) is 3.50. The number of benzene rings is 1. The first-order valence-electron chi connectivity index (χ1n) is 6.91. The Labute approximate surface area is 108 Å². The van der Waals surface area contributed by atoms with E-state index in [0.717, 1.165) is 24.2 Å². The third-order valence-corrected chi connectivity index (χ3v) is 4.13. The van der Waals surface area contributed by atoms with E-state index >= 15 is 0 Å². The molecule has 1 amide bonds. The minimum Gasteiger partial charge on any atom is -0.325 e. The Morgan fingerprint density at radius 3 is 3.00 bits per heavy atom. The summed E-state index contributed by atoms with van der Waals surface area (Å²) in [6, 6.07) is 7.01. The molecule has 96 valence electrons. The van der Waals surface area contributed by atoms with Gasteiger partial charge in [0.15, 0.2) is 0 Å². The molecule has 3 nitrogen and oxygen atoms in total. The van der Waals surface area contributed by atoms with Gasteiger partial charge >= 0.3 is 0 Å². The quantitative estimate of drug-likeness (QED) is 0.839. The van der Waals surface area contributed by atoms with Crippen molar-refractivity contribution in [3.05, 3.63) is 29.3 Å². The van der Waals surface area contributed by atoms with Crippen LogP contribution in [0.3, 0.4) is 0 Å². The summed E-state index contributed by atoms with van der Waals surface area (Å²) in [7, 11) is 0. The van der Waals surface area contributed by atoms with Gasteiger partial charge < -0.3 is 10.6 Å². The highest BCUT2D eigenvalue weighted by Gasteiger charge is 2.26. The fourth-order valence-electron chi connectivity index (χ4n) is 2.98. The summed E-state index contributed by atoms with van der Waals surface area (Å²) in [5.74, 6) is 0.122. The number of nitrogens with one attached hydrogen (secondary N) is 2. The molecule has 2 atom stereocenters. The topological polar surface area (TPSA) is 41.1 Å². The lowest BCUT2D eigenvalue weighted by Crippen LogP contribution is -2.35. The number of fused-ring (bicyclic) bond motifs is 1. The van der Waals surface area contributed by atoms with E-state index < -0.39 is 0 Å². The van der Waals surface area contributed by atoms with Crippen LogP contribution in [0.1, 0.15) is 43.2 Å². The van der Waals surface area contributed by atoms with Crippen LogP contribution in [0.2, 0.25) is 0 Å². The molecule has 2 N–H and O–H groups in total. The Morgan fingerprint density at radius 1 is 1.33 bits per heavy atom. The Bertz CT molecular complexity index is 464. The lowest BCUT2D eigenvalue weighted by atomic mass is 9.94. The van der Waals surface area contributed by atoms with E-state index in [4.69, 9.17) is 0 Å². The largest absolute Gasteiger partial charge is 0.325 e. The monoisotopic (exact) mass is 244 g/mol. The second-order valence-corrected chi connectivity index (χ2v) is 5.48. The van der Waals surface area contributed by atoms with E-state index in [2.05, 4.69) is 28.8 Å². The van der Waals surface area contributed by atoms with Gasteiger partial charge in [0.1, 0.15) is 0 Å². The maximum Gasteiger partial charge on any atom is 0.231 e. The van der Waals surface area contributed by atoms with Crippen molar-refractivity contribution in [3.63, 3.8) is 0 Å². The number of anilines is 1. The van der Waals surface area contributed by atoms with E-state index in [-0.39, 0.29) is 11.8 Å². The van der Waals surface area contributed by atoms with Crippen LogP contribution in [-0.2, 0) is 11.2 Å². The van der Waals surface area contributed by atoms with Crippen molar-refractivity contribution in [1.82, 2.24) is 5.32 Å². The number of piperidine rings is 1. The first-order chi connectivity index (χ1) is 8.74. The summed E-state index contributed by atoms with van der Waals surface area (Å²) in [6.45, 7) is 3.12. The van der Waals surface area contributed by atoms with E-state index in [1.807, 2.05) is 6.92 Å². The zero-order chi connectivity index (χ0) is 12.5. The molecule has 3 heteroatoms. The molecular formula is C15H20N2O. The van der Waals surface area contributed by atoms with Gasteiger partial charge in [-0.05, 0) is 49.9 Å². The number of carbonyl (C=O) groups is 1. The molecular weight excluding hydrogens is 224 g/mol. The van der Waals surface area contributed by atoms with Crippen LogP contribution in [-0.4, -0.2) is 18.5 Å². The average Bonchev–Trinajstić information content (AvgIpc) is 2.67. The number of rotatable bonds is 2. The van der Waals surface area contributed by atoms with Crippen molar-refractivity contribution in [1.29, 1.82) is 0 Å². The maximum atomic E-state index is 11.6. The summed E-state index contributed by atoms with van der Waals surface area (Å²) >= 11 is 0. The molecule has 1 saturated heterocycles. The van der Waals surface area contributed by atoms with Gasteiger partial charge in [-0.1, -0.05) is 18.6 Å². The molecule has 0 radical (unpaired) electrons. The summed E-state index contributed by atoms with van der Waals surface area (Å²) < 4.78 is 0. The van der Waals surface area contributed by atoms with E-state index in [0.29, 0.717) is 6.04 Å². The number of hydrogen-bond donors (Lipinski definition) is 2. The second kappa shape index (κ2) is 4.73. The molecule has 0 aromatic heterocycles. The predicted octanol–water partition coefficient (Wildman–Crippen LogP) is 2.43. The molecule has 0 aliphatic carbocycles. The molecule has 1 fully saturated rings. The third kappa shape index (κ3) is 2.15. The molecule has 1 aromatic rings. The molecule has 2 heterocycles. The van der Waals surface area contributed by atoms with Crippen molar-refractivity contribution in [2.45, 2.75) is 44.6 Å². The lowest BCUT2D eigenvalue weighted by molar-refractivity contribution is -0.116. The summed E-state index contributed by atoms with van der Waals surface area (Å²) in [4.78, 5) is 11.6. The molecule has 0 spiro atoms. The van der Waals surface area contributed by atoms with Crippen molar-refractivity contribution >= 4 is 11.6 Å². The molecule has 0 bridgehead atoms. The van der Waals surface area contributed by atoms with Gasteiger partial charge in [-0.3, -0.25) is 4.79 Å². The van der Waals surface area contributed by atoms with Gasteiger partial charge in [-0.15, -0.1) is 0 Å². The standard InChI is InChI=1S/C15H20N2O/c1-10-13-9-11(5-6-14(13)17-15(10)18)8-12-4-2-3-7-16-12/h5-6,9-10,12,16H,2-4,7-8H2,1H3,(H,17,18). The number of hydrogen-bond acceptors (Lipinski definition) is 2. The Hall–Kier alpha value is -1.35. The van der Waals surface area contributed by atoms with Crippen LogP contribution in [0.25, 0.3) is 0 Å². The highest BCUT2D eigenvalue weighted by molar-refractivity contribution is 6.02. The first kappa shape index (κ1) is 11.7. The van der Waals surface area contributed by atoms with E-state index in [1.165, 1.54) is 24.8 Å². The zero-order valence-corrected chi connectivity index (χ0v) is 10.8. The molecule has 1 aromatic carbocycles. The number of amides is 1. The zero-order valence-electron chi connectivity index (χ0n) is 10.8. The molecule has 2 unspecified atom stereocenters. The predicted molar refractivity (Wildman–Crippen MR) is 72.8 cm³/mol. The molecule has 2 aliphatic rings. The fourth-order valence-corrected chi connectivity index (χ4v) is 2.98. The summed E-state index contributed by atoms with van der Waals surface area (Å²) in [5, 5.41) is 6.50. The lowest BCUT2D eigenvalue weighted by Gasteiger charge is -2.23. The van der Waals surface area contributed by atoms with Crippen molar-refractivity contribution in [2.75, 3.05) is 11.9 Å². The highest BCUT2D eigenvalue weighted by atomic mass is 16.2. The molecule has 18 heavy (non-hydrogen) atoms. The fraction of sp³-hybridized carbons (Fsp3) is 0.533. The van der Waals surface area contributed by atoms with Crippen LogP contribution in [0.15, 0.2) is 18.2 Å². The van der Waals surface area contributed by atoms with E-state index in [9.17, 15) is 4.79 Å². The van der Waals surface area contributed by atoms with Gasteiger partial charge in [0.05, 0.1) is 5.92 Å². The average molecular weight is 244 g/mol. The van der Waals surface area contributed by atoms with Crippen LogP contribution in [0.5, 0.6) is 0 Å².